The number of aromatic nitrogens is 2. The van der Waals surface area contributed by atoms with Crippen molar-refractivity contribution < 1.29 is 9.53 Å². The summed E-state index contributed by atoms with van der Waals surface area (Å²) >= 11 is 0. The maximum atomic E-state index is 13.0. The first-order chi connectivity index (χ1) is 12.1. The molecule has 0 aliphatic carbocycles. The minimum absolute atomic E-state index is 0.0269. The second-order valence-corrected chi connectivity index (χ2v) is 6.70. The third-order valence-corrected chi connectivity index (χ3v) is 4.59. The van der Waals surface area contributed by atoms with E-state index in [1.807, 2.05) is 35.0 Å². The molecule has 0 spiro atoms. The van der Waals surface area contributed by atoms with Crippen molar-refractivity contribution in [2.24, 2.45) is 5.92 Å². The zero-order chi connectivity index (χ0) is 17.6. The SMILES string of the molecule is CC(C)C(Cn1ccnc1)NC(=O)c1ccccc1N1CCOCC1. The predicted molar refractivity (Wildman–Crippen MR) is 97.8 cm³/mol. The Hall–Kier alpha value is -2.34. The van der Waals surface area contributed by atoms with Crippen LogP contribution in [0, 0.1) is 5.92 Å². The van der Waals surface area contributed by atoms with Crippen molar-refractivity contribution in [3.63, 3.8) is 0 Å². The molecule has 1 fully saturated rings. The van der Waals surface area contributed by atoms with Crippen LogP contribution in [0.25, 0.3) is 0 Å². The Morgan fingerprint density at radius 1 is 1.28 bits per heavy atom. The normalized spacial score (nSPS) is 16.0. The molecule has 0 saturated carbocycles. The van der Waals surface area contributed by atoms with Crippen molar-refractivity contribution >= 4 is 11.6 Å². The molecule has 1 atom stereocenters. The maximum Gasteiger partial charge on any atom is 0.253 e. The van der Waals surface area contributed by atoms with E-state index in [9.17, 15) is 4.79 Å². The summed E-state index contributed by atoms with van der Waals surface area (Å²) in [6.45, 7) is 7.98. The number of anilines is 1. The molecular weight excluding hydrogens is 316 g/mol. The van der Waals surface area contributed by atoms with Gasteiger partial charge < -0.3 is 19.5 Å². The molecule has 134 valence electrons. The van der Waals surface area contributed by atoms with E-state index in [0.717, 1.165) is 24.3 Å². The van der Waals surface area contributed by atoms with E-state index < -0.39 is 0 Å². The van der Waals surface area contributed by atoms with Crippen molar-refractivity contribution in [1.82, 2.24) is 14.9 Å². The Morgan fingerprint density at radius 2 is 2.04 bits per heavy atom. The first-order valence-corrected chi connectivity index (χ1v) is 8.83. The molecule has 1 unspecified atom stereocenters. The molecule has 0 radical (unpaired) electrons. The number of carbonyl (C=O) groups is 1. The van der Waals surface area contributed by atoms with Gasteiger partial charge in [0.15, 0.2) is 0 Å². The number of rotatable bonds is 6. The molecule has 6 heteroatoms. The van der Waals surface area contributed by atoms with Crippen molar-refractivity contribution in [3.8, 4) is 0 Å². The molecule has 1 aromatic carbocycles. The largest absolute Gasteiger partial charge is 0.378 e. The summed E-state index contributed by atoms with van der Waals surface area (Å²) in [5, 5.41) is 3.21. The Morgan fingerprint density at radius 3 is 2.72 bits per heavy atom. The molecule has 2 heterocycles. The summed E-state index contributed by atoms with van der Waals surface area (Å²) in [5.74, 6) is 0.294. The van der Waals surface area contributed by atoms with Crippen LogP contribution in [0.5, 0.6) is 0 Å². The highest BCUT2D eigenvalue weighted by Crippen LogP contribution is 2.22. The molecule has 25 heavy (non-hydrogen) atoms. The van der Waals surface area contributed by atoms with E-state index in [1.165, 1.54) is 0 Å². The molecule has 0 bridgehead atoms. The summed E-state index contributed by atoms with van der Waals surface area (Å²) in [5.41, 5.74) is 1.70. The lowest BCUT2D eigenvalue weighted by Gasteiger charge is -2.31. The topological polar surface area (TPSA) is 59.4 Å². The van der Waals surface area contributed by atoms with Gasteiger partial charge in [0.2, 0.25) is 0 Å². The first-order valence-electron chi connectivity index (χ1n) is 8.83. The Balaban J connectivity index is 1.75. The van der Waals surface area contributed by atoms with Gasteiger partial charge in [-0.1, -0.05) is 26.0 Å². The van der Waals surface area contributed by atoms with Gasteiger partial charge in [-0.15, -0.1) is 0 Å². The number of hydrogen-bond acceptors (Lipinski definition) is 4. The third-order valence-electron chi connectivity index (χ3n) is 4.59. The fraction of sp³-hybridized carbons (Fsp3) is 0.474. The second kappa shape index (κ2) is 8.16. The van der Waals surface area contributed by atoms with Gasteiger partial charge in [-0.05, 0) is 18.1 Å². The van der Waals surface area contributed by atoms with E-state index in [1.54, 1.807) is 12.5 Å². The summed E-state index contributed by atoms with van der Waals surface area (Å²) in [6.07, 6.45) is 5.46. The molecule has 1 aliphatic rings. The van der Waals surface area contributed by atoms with Gasteiger partial charge in [0.25, 0.3) is 5.91 Å². The molecule has 6 nitrogen and oxygen atoms in total. The zero-order valence-corrected chi connectivity index (χ0v) is 14.9. The molecule has 1 N–H and O–H groups in total. The van der Waals surface area contributed by atoms with Gasteiger partial charge in [-0.2, -0.15) is 0 Å². The van der Waals surface area contributed by atoms with E-state index in [0.29, 0.717) is 25.7 Å². The zero-order valence-electron chi connectivity index (χ0n) is 14.9. The highest BCUT2D eigenvalue weighted by atomic mass is 16.5. The van der Waals surface area contributed by atoms with Crippen molar-refractivity contribution in [2.75, 3.05) is 31.2 Å². The predicted octanol–water partition coefficient (Wildman–Crippen LogP) is 2.17. The lowest BCUT2D eigenvalue weighted by Crippen LogP contribution is -2.43. The smallest absolute Gasteiger partial charge is 0.253 e. The number of para-hydroxylation sites is 1. The molecule has 1 amide bonds. The van der Waals surface area contributed by atoms with Crippen molar-refractivity contribution in [1.29, 1.82) is 0 Å². The van der Waals surface area contributed by atoms with Gasteiger partial charge in [-0.25, -0.2) is 4.98 Å². The van der Waals surface area contributed by atoms with Crippen LogP contribution in [0.2, 0.25) is 0 Å². The molecule has 1 aliphatic heterocycles. The number of nitrogens with one attached hydrogen (secondary N) is 1. The summed E-state index contributed by atoms with van der Waals surface area (Å²) < 4.78 is 7.42. The minimum Gasteiger partial charge on any atom is -0.378 e. The van der Waals surface area contributed by atoms with Crippen LogP contribution in [0.4, 0.5) is 5.69 Å². The Bertz CT molecular complexity index is 678. The monoisotopic (exact) mass is 342 g/mol. The lowest BCUT2D eigenvalue weighted by molar-refractivity contribution is 0.0919. The summed E-state index contributed by atoms with van der Waals surface area (Å²) in [6, 6.07) is 7.85. The number of amides is 1. The van der Waals surface area contributed by atoms with Gasteiger partial charge >= 0.3 is 0 Å². The lowest BCUT2D eigenvalue weighted by atomic mass is 10.0. The number of nitrogens with zero attached hydrogens (tertiary/aromatic N) is 3. The van der Waals surface area contributed by atoms with Crippen LogP contribution in [0.1, 0.15) is 24.2 Å². The Labute approximate surface area is 148 Å². The van der Waals surface area contributed by atoms with Gasteiger partial charge in [0.1, 0.15) is 0 Å². The highest BCUT2D eigenvalue weighted by Gasteiger charge is 2.22. The molecule has 1 saturated heterocycles. The first kappa shape index (κ1) is 17.5. The van der Waals surface area contributed by atoms with Gasteiger partial charge in [-0.3, -0.25) is 4.79 Å². The van der Waals surface area contributed by atoms with Crippen LogP contribution in [-0.2, 0) is 11.3 Å². The number of benzene rings is 1. The second-order valence-electron chi connectivity index (χ2n) is 6.70. The van der Waals surface area contributed by atoms with Gasteiger partial charge in [0.05, 0.1) is 25.1 Å². The van der Waals surface area contributed by atoms with Crippen molar-refractivity contribution in [3.05, 3.63) is 48.5 Å². The number of morpholine rings is 1. The fourth-order valence-corrected chi connectivity index (χ4v) is 3.04. The number of ether oxygens (including phenoxy) is 1. The van der Waals surface area contributed by atoms with Crippen LogP contribution in [0.15, 0.2) is 43.0 Å². The molecule has 1 aromatic heterocycles. The summed E-state index contributed by atoms with van der Waals surface area (Å²) in [7, 11) is 0. The van der Waals surface area contributed by atoms with E-state index in [4.69, 9.17) is 4.74 Å². The summed E-state index contributed by atoms with van der Waals surface area (Å²) in [4.78, 5) is 19.3. The fourth-order valence-electron chi connectivity index (χ4n) is 3.04. The van der Waals surface area contributed by atoms with Crippen LogP contribution in [0.3, 0.4) is 0 Å². The van der Waals surface area contributed by atoms with Crippen LogP contribution >= 0.6 is 0 Å². The molecular formula is C19H26N4O2. The van der Waals surface area contributed by atoms with Gasteiger partial charge in [0, 0.05) is 43.8 Å². The van der Waals surface area contributed by atoms with Crippen molar-refractivity contribution in [2.45, 2.75) is 26.4 Å². The molecule has 2 aromatic rings. The Kier molecular flexibility index (Phi) is 5.71. The standard InChI is InChI=1S/C19H26N4O2/c1-15(2)17(13-22-8-7-20-14-22)21-19(24)16-5-3-4-6-18(16)23-9-11-25-12-10-23/h3-8,14-15,17H,9-13H2,1-2H3,(H,21,24). The average Bonchev–Trinajstić information content (AvgIpc) is 3.15. The minimum atomic E-state index is -0.0269. The number of carbonyl (C=O) groups excluding carboxylic acids is 1. The third kappa shape index (κ3) is 4.39. The van der Waals surface area contributed by atoms with E-state index >= 15 is 0 Å². The van der Waals surface area contributed by atoms with Crippen LogP contribution < -0.4 is 10.2 Å². The quantitative estimate of drug-likeness (QED) is 0.874. The number of hydrogen-bond donors (Lipinski definition) is 1. The van der Waals surface area contributed by atoms with E-state index in [2.05, 4.69) is 29.0 Å². The molecule has 3 rings (SSSR count). The highest BCUT2D eigenvalue weighted by molar-refractivity contribution is 6.00. The maximum absolute atomic E-state index is 13.0. The average molecular weight is 342 g/mol. The van der Waals surface area contributed by atoms with E-state index in [-0.39, 0.29) is 11.9 Å². The number of imidazole rings is 1. The van der Waals surface area contributed by atoms with Crippen LogP contribution in [-0.4, -0.2) is 47.8 Å².